The third-order valence-corrected chi connectivity index (χ3v) is 13.9. The SMILES string of the molecule is Brc1cc(C(Br)(Br)C(Br)(Br)c2ccccc2)c(Br)c(Br)c1Br. The second-order valence-corrected chi connectivity index (χ2v) is 14.5. The number of halogens is 8. The van der Waals surface area contributed by atoms with E-state index < -0.39 is 6.47 Å². The zero-order valence-electron chi connectivity index (χ0n) is 10.5. The molecule has 0 saturated carbocycles. The van der Waals surface area contributed by atoms with E-state index in [1.54, 1.807) is 0 Å². The summed E-state index contributed by atoms with van der Waals surface area (Å²) in [4.78, 5) is 0. The third kappa shape index (κ3) is 3.84. The summed E-state index contributed by atoms with van der Waals surface area (Å²) < 4.78 is 2.60. The van der Waals surface area contributed by atoms with Crippen LogP contribution in [0.5, 0.6) is 0 Å². The minimum Gasteiger partial charge on any atom is -0.0645 e. The molecule has 0 bridgehead atoms. The fraction of sp³-hybridized carbons (Fsp3) is 0.143. The molecule has 118 valence electrons. The maximum absolute atomic E-state index is 3.83. The van der Waals surface area contributed by atoms with Gasteiger partial charge in [0.15, 0.2) is 0 Å². The van der Waals surface area contributed by atoms with Crippen molar-refractivity contribution in [2.24, 2.45) is 0 Å². The van der Waals surface area contributed by atoms with Crippen molar-refractivity contribution in [1.29, 1.82) is 0 Å². The van der Waals surface area contributed by atoms with Crippen molar-refractivity contribution < 1.29 is 0 Å². The first-order chi connectivity index (χ1) is 10.1. The largest absolute Gasteiger partial charge is 0.136 e. The lowest BCUT2D eigenvalue weighted by Crippen LogP contribution is -2.30. The van der Waals surface area contributed by atoms with Gasteiger partial charge in [0.05, 0.1) is 0 Å². The quantitative estimate of drug-likeness (QED) is 0.165. The highest BCUT2D eigenvalue weighted by Gasteiger charge is 2.49. The van der Waals surface area contributed by atoms with E-state index >= 15 is 0 Å². The molecule has 0 atom stereocenters. The molecule has 0 unspecified atom stereocenters. The van der Waals surface area contributed by atoms with E-state index in [0.29, 0.717) is 0 Å². The van der Waals surface area contributed by atoms with Crippen LogP contribution in [0.3, 0.4) is 0 Å². The Morgan fingerprint density at radius 3 is 1.73 bits per heavy atom. The van der Waals surface area contributed by atoms with Crippen LogP contribution in [0.1, 0.15) is 11.1 Å². The minimum atomic E-state index is -0.612. The van der Waals surface area contributed by atoms with Gasteiger partial charge in [-0.15, -0.1) is 0 Å². The van der Waals surface area contributed by atoms with E-state index in [4.69, 9.17) is 0 Å². The van der Waals surface area contributed by atoms with Crippen molar-refractivity contribution in [2.45, 2.75) is 6.47 Å². The molecule has 0 amide bonds. The monoisotopic (exact) mass is 805 g/mol. The van der Waals surface area contributed by atoms with E-state index in [9.17, 15) is 0 Å². The van der Waals surface area contributed by atoms with Crippen LogP contribution in [-0.4, -0.2) is 0 Å². The predicted molar refractivity (Wildman–Crippen MR) is 123 cm³/mol. The molecule has 0 radical (unpaired) electrons. The summed E-state index contributed by atoms with van der Waals surface area (Å²) in [6, 6.07) is 12.2. The van der Waals surface area contributed by atoms with Crippen LogP contribution in [0.25, 0.3) is 0 Å². The van der Waals surface area contributed by atoms with E-state index in [-0.39, 0.29) is 0 Å². The molecule has 0 aliphatic rings. The highest BCUT2D eigenvalue weighted by Crippen LogP contribution is 2.63. The lowest BCUT2D eigenvalue weighted by molar-refractivity contribution is 0.836. The molecule has 0 nitrogen and oxygen atoms in total. The van der Waals surface area contributed by atoms with Gasteiger partial charge in [-0.25, -0.2) is 0 Å². The van der Waals surface area contributed by atoms with Crippen molar-refractivity contribution in [2.75, 3.05) is 0 Å². The van der Waals surface area contributed by atoms with Gasteiger partial charge < -0.3 is 0 Å². The van der Waals surface area contributed by atoms with Gasteiger partial charge in [-0.3, -0.25) is 0 Å². The summed E-state index contributed by atoms with van der Waals surface area (Å²) >= 11 is 29.7. The molecule has 0 saturated heterocycles. The summed E-state index contributed by atoms with van der Waals surface area (Å²) in [5.74, 6) is 0. The Morgan fingerprint density at radius 1 is 0.636 bits per heavy atom. The summed E-state index contributed by atoms with van der Waals surface area (Å²) in [7, 11) is 0. The van der Waals surface area contributed by atoms with Crippen molar-refractivity contribution in [3.05, 3.63) is 65.4 Å². The highest BCUT2D eigenvalue weighted by atomic mass is 79.9. The zero-order chi connectivity index (χ0) is 16.7. The molecule has 2 aromatic carbocycles. The van der Waals surface area contributed by atoms with Gasteiger partial charge in [0.25, 0.3) is 0 Å². The number of hydrogen-bond acceptors (Lipinski definition) is 0. The Morgan fingerprint density at radius 2 is 1.18 bits per heavy atom. The number of hydrogen-bond donors (Lipinski definition) is 0. The Bertz CT molecular complexity index is 694. The Kier molecular flexibility index (Phi) is 7.38. The lowest BCUT2D eigenvalue weighted by atomic mass is 10.0. The molecule has 0 spiro atoms. The van der Waals surface area contributed by atoms with Gasteiger partial charge in [-0.2, -0.15) is 0 Å². The molecule has 0 aromatic heterocycles. The summed E-state index contributed by atoms with van der Waals surface area (Å²) in [6.07, 6.45) is 0. The van der Waals surface area contributed by atoms with Crippen molar-refractivity contribution >= 4 is 127 Å². The Hall–Kier alpha value is 2.28. The standard InChI is InChI=1S/C14H6Br8/c15-9-6-8(10(16)12(18)11(9)17)14(21,22)13(19,20)7-4-2-1-3-5-7/h1-6H. The fourth-order valence-electron chi connectivity index (χ4n) is 1.80. The third-order valence-electron chi connectivity index (χ3n) is 2.97. The second kappa shape index (κ2) is 7.89. The Balaban J connectivity index is 2.65. The molecule has 2 aromatic rings. The van der Waals surface area contributed by atoms with Crippen molar-refractivity contribution in [3.63, 3.8) is 0 Å². The van der Waals surface area contributed by atoms with E-state index in [2.05, 4.69) is 140 Å². The lowest BCUT2D eigenvalue weighted by Gasteiger charge is -2.36. The fourth-order valence-corrected chi connectivity index (χ4v) is 6.68. The van der Waals surface area contributed by atoms with Crippen LogP contribution in [0, 0.1) is 0 Å². The summed E-state index contributed by atoms with van der Waals surface area (Å²) in [5.41, 5.74) is 2.08. The average Bonchev–Trinajstić information content (AvgIpc) is 2.49. The van der Waals surface area contributed by atoms with Gasteiger partial charge >= 0.3 is 0 Å². The maximum Gasteiger partial charge on any atom is 0.136 e. The molecule has 2 rings (SSSR count). The number of alkyl halides is 4. The number of rotatable bonds is 3. The molecule has 0 N–H and O–H groups in total. The minimum absolute atomic E-state index is 0.566. The van der Waals surface area contributed by atoms with E-state index in [1.807, 2.05) is 24.3 Å². The molecule has 8 heteroatoms. The van der Waals surface area contributed by atoms with Crippen LogP contribution in [-0.2, 0) is 6.47 Å². The first-order valence-corrected chi connectivity index (χ1v) is 12.1. The van der Waals surface area contributed by atoms with Crippen LogP contribution < -0.4 is 0 Å². The average molecular weight is 813 g/mol. The van der Waals surface area contributed by atoms with Crippen molar-refractivity contribution in [3.8, 4) is 0 Å². The van der Waals surface area contributed by atoms with Crippen LogP contribution in [0.4, 0.5) is 0 Å². The molecule has 0 aliphatic heterocycles. The maximum atomic E-state index is 3.83. The topological polar surface area (TPSA) is 0 Å². The van der Waals surface area contributed by atoms with Gasteiger partial charge in [0.2, 0.25) is 0 Å². The molecule has 0 heterocycles. The van der Waals surface area contributed by atoms with Gasteiger partial charge in [-0.1, -0.05) is 94.1 Å². The van der Waals surface area contributed by atoms with E-state index in [1.165, 1.54) is 0 Å². The first-order valence-electron chi connectivity index (χ1n) is 5.75. The van der Waals surface area contributed by atoms with Crippen molar-refractivity contribution in [1.82, 2.24) is 0 Å². The first kappa shape index (κ1) is 20.6. The molecule has 0 aliphatic carbocycles. The molecule has 0 fully saturated rings. The van der Waals surface area contributed by atoms with E-state index in [0.717, 1.165) is 29.0 Å². The molecule has 22 heavy (non-hydrogen) atoms. The van der Waals surface area contributed by atoms with Crippen LogP contribution >= 0.6 is 127 Å². The molecular weight excluding hydrogens is 807 g/mol. The smallest absolute Gasteiger partial charge is 0.0645 e. The summed E-state index contributed by atoms with van der Waals surface area (Å²) in [6.45, 7) is 0. The Labute approximate surface area is 196 Å². The second-order valence-electron chi connectivity index (χ2n) is 4.36. The van der Waals surface area contributed by atoms with Crippen LogP contribution in [0.15, 0.2) is 54.3 Å². The van der Waals surface area contributed by atoms with Gasteiger partial charge in [-0.05, 0) is 80.9 Å². The zero-order valence-corrected chi connectivity index (χ0v) is 23.2. The van der Waals surface area contributed by atoms with Gasteiger partial charge in [0.1, 0.15) is 6.47 Å². The van der Waals surface area contributed by atoms with Crippen LogP contribution in [0.2, 0.25) is 0 Å². The predicted octanol–water partition coefficient (Wildman–Crippen LogP) is 9.32. The van der Waals surface area contributed by atoms with Gasteiger partial charge in [0, 0.05) is 17.9 Å². The normalized spacial score (nSPS) is 12.5. The number of benzene rings is 2. The highest BCUT2D eigenvalue weighted by molar-refractivity contribution is 9.29. The molecular formula is C14H6Br8. The summed E-state index contributed by atoms with van der Waals surface area (Å²) in [5, 5.41) is 0.